The van der Waals surface area contributed by atoms with Crippen LogP contribution in [0.15, 0.2) is 6.07 Å². The number of methoxy groups -OCH3 is 2. The Morgan fingerprint density at radius 2 is 1.58 bits per heavy atom. The van der Waals surface area contributed by atoms with Crippen molar-refractivity contribution in [1.29, 1.82) is 0 Å². The van der Waals surface area contributed by atoms with E-state index in [1.807, 2.05) is 34.6 Å². The topological polar surface area (TPSA) is 47.1 Å². The molecule has 108 valence electrons. The Hall–Kier alpha value is -1.78. The molecule has 0 radical (unpaired) electrons. The number of hydrogen-bond donors (Lipinski definition) is 1. The molecule has 5 heteroatoms. The number of fused-ring (bicyclic) bond motifs is 1. The van der Waals surface area contributed by atoms with E-state index >= 15 is 0 Å². The zero-order chi connectivity index (χ0) is 15.0. The van der Waals surface area contributed by atoms with Gasteiger partial charge >= 0.3 is 0 Å². The first-order valence-corrected chi connectivity index (χ1v) is 6.44. The number of hydrogen-bond acceptors (Lipinski definition) is 3. The molecule has 2 aromatic rings. The fourth-order valence-corrected chi connectivity index (χ4v) is 1.58. The second kappa shape index (κ2) is 8.34. The van der Waals surface area contributed by atoms with E-state index in [1.165, 1.54) is 20.3 Å². The number of aromatic nitrogens is 2. The predicted octanol–water partition coefficient (Wildman–Crippen LogP) is 4.08. The monoisotopic (exact) mass is 270 g/mol. The normalized spacial score (nSPS) is 9.05. The second-order valence-electron chi connectivity index (χ2n) is 3.17. The van der Waals surface area contributed by atoms with Gasteiger partial charge in [-0.05, 0) is 13.0 Å². The van der Waals surface area contributed by atoms with Crippen LogP contribution in [0.1, 0.15) is 33.4 Å². The molecule has 0 unspecified atom stereocenters. The molecule has 19 heavy (non-hydrogen) atoms. The van der Waals surface area contributed by atoms with Crippen LogP contribution in [0, 0.1) is 12.7 Å². The molecule has 0 saturated heterocycles. The van der Waals surface area contributed by atoms with Gasteiger partial charge in [-0.15, -0.1) is 0 Å². The highest BCUT2D eigenvalue weighted by Gasteiger charge is 2.18. The third-order valence-electron chi connectivity index (χ3n) is 2.31. The average molecular weight is 270 g/mol. The number of benzene rings is 1. The van der Waals surface area contributed by atoms with E-state index in [1.54, 1.807) is 0 Å². The van der Waals surface area contributed by atoms with Crippen LogP contribution in [0.4, 0.5) is 4.39 Å². The summed E-state index contributed by atoms with van der Waals surface area (Å²) >= 11 is 0. The van der Waals surface area contributed by atoms with Crippen LogP contribution in [0.2, 0.25) is 0 Å². The second-order valence-corrected chi connectivity index (χ2v) is 3.17. The van der Waals surface area contributed by atoms with Crippen molar-refractivity contribution in [2.45, 2.75) is 34.6 Å². The highest BCUT2D eigenvalue weighted by Crippen LogP contribution is 2.37. The molecule has 0 aliphatic heterocycles. The van der Waals surface area contributed by atoms with Crippen molar-refractivity contribution in [2.75, 3.05) is 14.2 Å². The third-order valence-corrected chi connectivity index (χ3v) is 2.31. The van der Waals surface area contributed by atoms with E-state index in [2.05, 4.69) is 10.2 Å². The maximum absolute atomic E-state index is 13.6. The standard InChI is InChI=1S/C10H11FN2O2.2C2H6/c1-5-6-4-7(11)9(14-2)10(15-3)8(6)13-12-5;2*1-2/h4H,1-3H3,(H,12,13);2*1-2H3. The lowest BCUT2D eigenvalue weighted by atomic mass is 10.2. The van der Waals surface area contributed by atoms with Gasteiger partial charge in [-0.3, -0.25) is 5.10 Å². The molecule has 0 spiro atoms. The minimum Gasteiger partial charge on any atom is -0.491 e. The molecular weight excluding hydrogens is 247 g/mol. The summed E-state index contributed by atoms with van der Waals surface area (Å²) in [6.45, 7) is 9.82. The van der Waals surface area contributed by atoms with Gasteiger partial charge in [-0.2, -0.15) is 5.10 Å². The lowest BCUT2D eigenvalue weighted by Crippen LogP contribution is -1.94. The van der Waals surface area contributed by atoms with Gasteiger partial charge in [0.2, 0.25) is 0 Å². The van der Waals surface area contributed by atoms with Crippen molar-refractivity contribution in [3.05, 3.63) is 17.6 Å². The van der Waals surface area contributed by atoms with E-state index < -0.39 is 5.82 Å². The summed E-state index contributed by atoms with van der Waals surface area (Å²) in [6, 6.07) is 1.38. The molecule has 2 rings (SSSR count). The zero-order valence-electron chi connectivity index (χ0n) is 12.7. The Kier molecular flexibility index (Phi) is 7.56. The van der Waals surface area contributed by atoms with Crippen molar-refractivity contribution in [1.82, 2.24) is 10.2 Å². The largest absolute Gasteiger partial charge is 0.491 e. The Morgan fingerprint density at radius 3 is 2.05 bits per heavy atom. The fourth-order valence-electron chi connectivity index (χ4n) is 1.58. The molecule has 0 amide bonds. The summed E-state index contributed by atoms with van der Waals surface area (Å²) < 4.78 is 23.6. The van der Waals surface area contributed by atoms with Crippen LogP contribution in [-0.2, 0) is 0 Å². The van der Waals surface area contributed by atoms with E-state index in [-0.39, 0.29) is 5.75 Å². The molecule has 0 aliphatic rings. The van der Waals surface area contributed by atoms with Gasteiger partial charge in [-0.1, -0.05) is 27.7 Å². The van der Waals surface area contributed by atoms with Crippen molar-refractivity contribution in [3.63, 3.8) is 0 Å². The van der Waals surface area contributed by atoms with Gasteiger partial charge in [0.05, 0.1) is 14.2 Å². The molecule has 0 saturated carbocycles. The molecular formula is C14H23FN2O2. The zero-order valence-corrected chi connectivity index (χ0v) is 12.7. The summed E-state index contributed by atoms with van der Waals surface area (Å²) in [7, 11) is 2.85. The molecule has 0 fully saturated rings. The first-order valence-electron chi connectivity index (χ1n) is 6.44. The molecule has 1 aromatic heterocycles. The first-order chi connectivity index (χ1) is 9.19. The van der Waals surface area contributed by atoms with Crippen LogP contribution < -0.4 is 9.47 Å². The third kappa shape index (κ3) is 3.36. The van der Waals surface area contributed by atoms with Gasteiger partial charge in [0.1, 0.15) is 5.52 Å². The van der Waals surface area contributed by atoms with Crippen molar-refractivity contribution < 1.29 is 13.9 Å². The maximum atomic E-state index is 13.6. The smallest absolute Gasteiger partial charge is 0.199 e. The van der Waals surface area contributed by atoms with Gasteiger partial charge in [0, 0.05) is 11.1 Å². The average Bonchev–Trinajstić information content (AvgIpc) is 2.83. The van der Waals surface area contributed by atoms with E-state index in [9.17, 15) is 4.39 Å². The van der Waals surface area contributed by atoms with E-state index in [4.69, 9.17) is 9.47 Å². The number of nitrogens with zero attached hydrogens (tertiary/aromatic N) is 1. The summed E-state index contributed by atoms with van der Waals surface area (Å²) in [5.74, 6) is -0.0558. The number of halogens is 1. The highest BCUT2D eigenvalue weighted by atomic mass is 19.1. The molecule has 1 N–H and O–H groups in total. The Bertz CT molecular complexity index is 510. The van der Waals surface area contributed by atoms with E-state index in [0.29, 0.717) is 16.7 Å². The number of rotatable bonds is 2. The van der Waals surface area contributed by atoms with Crippen molar-refractivity contribution in [2.24, 2.45) is 0 Å². The van der Waals surface area contributed by atoms with Crippen molar-refractivity contribution >= 4 is 10.9 Å². The fraction of sp³-hybridized carbons (Fsp3) is 0.500. The molecule has 0 atom stereocenters. The maximum Gasteiger partial charge on any atom is 0.199 e. The first kappa shape index (κ1) is 17.2. The SMILES string of the molecule is CC.CC.COc1c(F)cc2c(C)[nH]nc2c1OC. The van der Waals surface area contributed by atoms with Crippen molar-refractivity contribution in [3.8, 4) is 11.5 Å². The minimum atomic E-state index is -0.452. The highest BCUT2D eigenvalue weighted by molar-refractivity contribution is 5.89. The van der Waals surface area contributed by atoms with Crippen LogP contribution in [0.5, 0.6) is 11.5 Å². The molecule has 0 bridgehead atoms. The molecule has 1 aromatic carbocycles. The quantitative estimate of drug-likeness (QED) is 0.894. The number of ether oxygens (including phenoxy) is 2. The number of H-pyrrole nitrogens is 1. The van der Waals surface area contributed by atoms with Gasteiger partial charge in [-0.25, -0.2) is 4.39 Å². The van der Waals surface area contributed by atoms with Gasteiger partial charge in [0.15, 0.2) is 17.3 Å². The van der Waals surface area contributed by atoms with Gasteiger partial charge in [0.25, 0.3) is 0 Å². The predicted molar refractivity (Wildman–Crippen MR) is 76.6 cm³/mol. The Labute approximate surface area is 113 Å². The summed E-state index contributed by atoms with van der Waals surface area (Å²) in [6.07, 6.45) is 0. The van der Waals surface area contributed by atoms with Crippen LogP contribution >= 0.6 is 0 Å². The Balaban J connectivity index is 0.000000741. The number of aromatic amines is 1. The lowest BCUT2D eigenvalue weighted by Gasteiger charge is -2.08. The minimum absolute atomic E-state index is 0.0801. The molecule has 1 heterocycles. The summed E-state index contributed by atoms with van der Waals surface area (Å²) in [5.41, 5.74) is 1.37. The van der Waals surface area contributed by atoms with E-state index in [0.717, 1.165) is 5.69 Å². The summed E-state index contributed by atoms with van der Waals surface area (Å²) in [4.78, 5) is 0. The number of nitrogens with one attached hydrogen (secondary N) is 1. The Morgan fingerprint density at radius 1 is 1.05 bits per heavy atom. The molecule has 4 nitrogen and oxygen atoms in total. The summed E-state index contributed by atoms with van der Waals surface area (Å²) in [5, 5.41) is 7.52. The number of aryl methyl sites for hydroxylation is 1. The molecule has 0 aliphatic carbocycles. The van der Waals surface area contributed by atoms with Crippen LogP contribution in [0.25, 0.3) is 10.9 Å². The lowest BCUT2D eigenvalue weighted by molar-refractivity contribution is 0.340. The van der Waals surface area contributed by atoms with Crippen LogP contribution in [0.3, 0.4) is 0 Å². The van der Waals surface area contributed by atoms with Crippen LogP contribution in [-0.4, -0.2) is 24.4 Å². The van der Waals surface area contributed by atoms with Gasteiger partial charge < -0.3 is 9.47 Å².